The quantitative estimate of drug-likeness (QED) is 0.447. The average molecular weight is 449 g/mol. The predicted molar refractivity (Wildman–Crippen MR) is 132 cm³/mol. The van der Waals surface area contributed by atoms with Crippen LogP contribution >= 0.6 is 0 Å². The second-order valence-electron chi connectivity index (χ2n) is 8.80. The van der Waals surface area contributed by atoms with Crippen LogP contribution in [0.1, 0.15) is 23.2 Å². The Morgan fingerprint density at radius 3 is 2.65 bits per heavy atom. The molecule has 0 spiro atoms. The van der Waals surface area contributed by atoms with Gasteiger partial charge in [-0.2, -0.15) is 5.10 Å². The summed E-state index contributed by atoms with van der Waals surface area (Å²) >= 11 is 0. The molecule has 0 unspecified atom stereocenters. The van der Waals surface area contributed by atoms with Crippen molar-refractivity contribution >= 4 is 22.3 Å². The van der Waals surface area contributed by atoms with Crippen LogP contribution < -0.4 is 5.73 Å². The predicted octanol–water partition coefficient (Wildman–Crippen LogP) is 4.17. The number of likely N-dealkylation sites (tertiary alicyclic amines) is 1. The highest BCUT2D eigenvalue weighted by molar-refractivity contribution is 5.94. The van der Waals surface area contributed by atoms with E-state index in [4.69, 9.17) is 10.8 Å². The Morgan fingerprint density at radius 2 is 1.79 bits per heavy atom. The number of pyridine rings is 1. The number of hydrogen-bond acceptors (Lipinski definition) is 5. The highest BCUT2D eigenvalue weighted by Crippen LogP contribution is 2.26. The first kappa shape index (κ1) is 20.5. The maximum atomic E-state index is 12.9. The average Bonchev–Trinajstić information content (AvgIpc) is 3.31. The first-order valence-corrected chi connectivity index (χ1v) is 11.5. The number of aromatic nitrogens is 4. The second-order valence-corrected chi connectivity index (χ2v) is 8.80. The van der Waals surface area contributed by atoms with Gasteiger partial charge in [0.15, 0.2) is 5.65 Å². The Balaban J connectivity index is 1.32. The van der Waals surface area contributed by atoms with E-state index in [1.807, 2.05) is 64.3 Å². The van der Waals surface area contributed by atoms with Gasteiger partial charge in [-0.05, 0) is 54.6 Å². The zero-order chi connectivity index (χ0) is 23.1. The summed E-state index contributed by atoms with van der Waals surface area (Å²) in [5, 5.41) is 7.08. The Bertz CT molecular complexity index is 1510. The highest BCUT2D eigenvalue weighted by atomic mass is 16.2. The minimum absolute atomic E-state index is 0.0357. The Kier molecular flexibility index (Phi) is 5.04. The number of benzene rings is 2. The van der Waals surface area contributed by atoms with E-state index in [0.29, 0.717) is 12.1 Å². The molecule has 34 heavy (non-hydrogen) atoms. The van der Waals surface area contributed by atoms with E-state index in [1.165, 1.54) is 0 Å². The minimum Gasteiger partial charge on any atom is -0.337 e. The van der Waals surface area contributed by atoms with E-state index >= 15 is 0 Å². The van der Waals surface area contributed by atoms with Crippen molar-refractivity contribution < 1.29 is 4.79 Å². The molecule has 1 amide bonds. The van der Waals surface area contributed by atoms with E-state index < -0.39 is 0 Å². The first-order valence-electron chi connectivity index (χ1n) is 11.5. The summed E-state index contributed by atoms with van der Waals surface area (Å²) in [7, 11) is 0. The largest absolute Gasteiger partial charge is 0.337 e. The molecule has 168 valence electrons. The van der Waals surface area contributed by atoms with Crippen molar-refractivity contribution in [3.63, 3.8) is 0 Å². The molecule has 5 aromatic rings. The van der Waals surface area contributed by atoms with Gasteiger partial charge in [0.25, 0.3) is 5.91 Å². The molecule has 1 atom stereocenters. The zero-order valence-electron chi connectivity index (χ0n) is 18.6. The molecule has 6 rings (SSSR count). The van der Waals surface area contributed by atoms with Crippen LogP contribution in [0.3, 0.4) is 0 Å². The SMILES string of the molecule is N[C@@H]1CCCN(C(=O)c2ccc(-c3ccc4ncc(-c5ccc6cnccc6c5)n4n3)cc2)C1. The number of nitrogens with two attached hydrogens (primary N) is 1. The van der Waals surface area contributed by atoms with Crippen molar-refractivity contribution in [1.29, 1.82) is 0 Å². The van der Waals surface area contributed by atoms with Gasteiger partial charge in [-0.25, -0.2) is 9.50 Å². The third-order valence-corrected chi connectivity index (χ3v) is 6.47. The van der Waals surface area contributed by atoms with E-state index in [9.17, 15) is 4.79 Å². The number of carbonyl (C=O) groups excluding carboxylic acids is 1. The van der Waals surface area contributed by atoms with Crippen molar-refractivity contribution in [3.8, 4) is 22.5 Å². The Labute approximate surface area is 196 Å². The Hall–Kier alpha value is -4.10. The molecular formula is C27H24N6O. The molecule has 1 aliphatic rings. The Morgan fingerprint density at radius 1 is 0.941 bits per heavy atom. The van der Waals surface area contributed by atoms with Gasteiger partial charge in [0.1, 0.15) is 0 Å². The van der Waals surface area contributed by atoms with Gasteiger partial charge in [0, 0.05) is 53.6 Å². The summed E-state index contributed by atoms with van der Waals surface area (Å²) in [6.07, 6.45) is 7.43. The molecule has 7 heteroatoms. The molecule has 4 heterocycles. The molecule has 0 aliphatic carbocycles. The molecule has 1 saturated heterocycles. The molecule has 0 radical (unpaired) electrons. The maximum absolute atomic E-state index is 12.9. The topological polar surface area (TPSA) is 89.4 Å². The number of piperidine rings is 1. The van der Waals surface area contributed by atoms with E-state index in [0.717, 1.165) is 58.3 Å². The van der Waals surface area contributed by atoms with Crippen LogP contribution in [0.5, 0.6) is 0 Å². The number of fused-ring (bicyclic) bond motifs is 2. The number of amides is 1. The molecule has 2 N–H and O–H groups in total. The third kappa shape index (κ3) is 3.70. The third-order valence-electron chi connectivity index (χ3n) is 6.47. The summed E-state index contributed by atoms with van der Waals surface area (Å²) < 4.78 is 1.87. The number of imidazole rings is 1. The van der Waals surface area contributed by atoms with Crippen LogP contribution in [-0.2, 0) is 0 Å². The molecule has 1 aliphatic heterocycles. The number of carbonyl (C=O) groups is 1. The van der Waals surface area contributed by atoms with E-state index in [-0.39, 0.29) is 11.9 Å². The van der Waals surface area contributed by atoms with Crippen LogP contribution in [0, 0.1) is 0 Å². The second kappa shape index (κ2) is 8.35. The fraction of sp³-hybridized carbons (Fsp3) is 0.185. The van der Waals surface area contributed by atoms with Gasteiger partial charge in [0.05, 0.1) is 17.6 Å². The van der Waals surface area contributed by atoms with Crippen LogP contribution in [-0.4, -0.2) is 49.5 Å². The molecule has 2 aromatic carbocycles. The summed E-state index contributed by atoms with van der Waals surface area (Å²) in [6.45, 7) is 1.38. The van der Waals surface area contributed by atoms with Crippen molar-refractivity contribution in [2.75, 3.05) is 13.1 Å². The standard InChI is InChI=1S/C27H24N6O/c28-23-2-1-13-32(17-23)27(34)19-5-3-18(4-6-19)24-9-10-26-30-16-25(33(26)31-24)21-7-8-22-15-29-12-11-20(22)14-21/h3-12,14-16,23H,1-2,13,17,28H2/t23-/m1/s1. The van der Waals surface area contributed by atoms with Gasteiger partial charge in [-0.15, -0.1) is 0 Å². The van der Waals surface area contributed by atoms with Crippen molar-refractivity contribution in [1.82, 2.24) is 24.5 Å². The van der Waals surface area contributed by atoms with Crippen molar-refractivity contribution in [3.05, 3.63) is 84.8 Å². The molecule has 0 saturated carbocycles. The van der Waals surface area contributed by atoms with Crippen LogP contribution in [0.2, 0.25) is 0 Å². The lowest BCUT2D eigenvalue weighted by Crippen LogP contribution is -2.45. The van der Waals surface area contributed by atoms with Crippen molar-refractivity contribution in [2.45, 2.75) is 18.9 Å². The fourth-order valence-corrected chi connectivity index (χ4v) is 4.63. The van der Waals surface area contributed by atoms with Crippen LogP contribution in [0.4, 0.5) is 0 Å². The summed E-state index contributed by atoms with van der Waals surface area (Å²) in [5.41, 5.74) is 11.2. The van der Waals surface area contributed by atoms with Gasteiger partial charge in [-0.3, -0.25) is 9.78 Å². The molecule has 1 fully saturated rings. The monoisotopic (exact) mass is 448 g/mol. The lowest BCUT2D eigenvalue weighted by molar-refractivity contribution is 0.0709. The number of rotatable bonds is 3. The summed E-state index contributed by atoms with van der Waals surface area (Å²) in [5.74, 6) is 0.0357. The summed E-state index contributed by atoms with van der Waals surface area (Å²) in [4.78, 5) is 23.4. The molecule has 7 nitrogen and oxygen atoms in total. The maximum Gasteiger partial charge on any atom is 0.253 e. The summed E-state index contributed by atoms with van der Waals surface area (Å²) in [6, 6.07) is 19.9. The lowest BCUT2D eigenvalue weighted by Gasteiger charge is -2.30. The van der Waals surface area contributed by atoms with Crippen LogP contribution in [0.15, 0.2) is 79.3 Å². The van der Waals surface area contributed by atoms with Gasteiger partial charge < -0.3 is 10.6 Å². The number of nitrogens with zero attached hydrogens (tertiary/aromatic N) is 5. The molecule has 0 bridgehead atoms. The smallest absolute Gasteiger partial charge is 0.253 e. The highest BCUT2D eigenvalue weighted by Gasteiger charge is 2.22. The lowest BCUT2D eigenvalue weighted by atomic mass is 10.0. The number of hydrogen-bond donors (Lipinski definition) is 1. The van der Waals surface area contributed by atoms with Gasteiger partial charge >= 0.3 is 0 Å². The first-order chi connectivity index (χ1) is 16.7. The molecule has 3 aromatic heterocycles. The van der Waals surface area contributed by atoms with Crippen molar-refractivity contribution in [2.24, 2.45) is 5.73 Å². The van der Waals surface area contributed by atoms with E-state index in [1.54, 1.807) is 6.20 Å². The normalized spacial score (nSPS) is 16.3. The molecular weight excluding hydrogens is 424 g/mol. The zero-order valence-corrected chi connectivity index (χ0v) is 18.6. The van der Waals surface area contributed by atoms with Gasteiger partial charge in [-0.1, -0.05) is 24.3 Å². The fourth-order valence-electron chi connectivity index (χ4n) is 4.63. The minimum atomic E-state index is 0.0357. The van der Waals surface area contributed by atoms with Gasteiger partial charge in [0.2, 0.25) is 0 Å². The van der Waals surface area contributed by atoms with Crippen LogP contribution in [0.25, 0.3) is 38.9 Å². The van der Waals surface area contributed by atoms with E-state index in [2.05, 4.69) is 28.2 Å².